The van der Waals surface area contributed by atoms with Gasteiger partial charge in [-0.15, -0.1) is 0 Å². The molecule has 0 spiro atoms. The van der Waals surface area contributed by atoms with Crippen LogP contribution in [0.15, 0.2) is 30.3 Å². The van der Waals surface area contributed by atoms with Crippen LogP contribution in [0.5, 0.6) is 0 Å². The molecule has 1 rings (SSSR count). The summed E-state index contributed by atoms with van der Waals surface area (Å²) in [5.74, 6) is -0.704. The number of unbranched alkanes of at least 4 members (excludes halogenated alkanes) is 24. The van der Waals surface area contributed by atoms with Crippen molar-refractivity contribution in [2.24, 2.45) is 17.6 Å². The van der Waals surface area contributed by atoms with E-state index >= 15 is 0 Å². The van der Waals surface area contributed by atoms with Gasteiger partial charge in [0.05, 0.1) is 31.0 Å². The summed E-state index contributed by atoms with van der Waals surface area (Å²) in [6, 6.07) is 9.07. The Balaban J connectivity index is 0.0000183. The molecule has 0 fully saturated rings. The molecule has 0 heterocycles. The van der Waals surface area contributed by atoms with Crippen LogP contribution in [-0.2, 0) is 30.3 Å². The zero-order valence-corrected chi connectivity index (χ0v) is 42.2. The van der Waals surface area contributed by atoms with Crippen LogP contribution in [0, 0.1) is 11.8 Å². The Hall–Kier alpha value is -2.06. The van der Waals surface area contributed by atoms with Gasteiger partial charge >= 0.3 is 11.9 Å². The smallest absolute Gasteiger partial charge is 0.308 e. The molecular weight excluding hydrogens is 789 g/mol. The largest absolute Gasteiger partial charge is 0.464 e. The van der Waals surface area contributed by atoms with E-state index < -0.39 is 6.04 Å². The van der Waals surface area contributed by atoms with Crippen molar-refractivity contribution in [3.05, 3.63) is 35.9 Å². The number of esters is 2. The molecule has 0 radical (unpaired) electrons. The molecule has 1 aromatic carbocycles. The van der Waals surface area contributed by atoms with Gasteiger partial charge in [0.25, 0.3) is 0 Å². The topological polar surface area (TPSA) is 98.9 Å². The molecule has 1 unspecified atom stereocenters. The zero-order chi connectivity index (χ0) is 45.7. The van der Waals surface area contributed by atoms with Crippen molar-refractivity contribution >= 4 is 30.5 Å². The second kappa shape index (κ2) is 45.5. The fourth-order valence-corrected chi connectivity index (χ4v) is 8.42. The van der Waals surface area contributed by atoms with Gasteiger partial charge in [-0.05, 0) is 43.9 Å². The molecule has 1 aromatic rings. The van der Waals surface area contributed by atoms with E-state index in [1.807, 2.05) is 30.3 Å². The van der Waals surface area contributed by atoms with E-state index in [-0.39, 0.29) is 56.0 Å². The summed E-state index contributed by atoms with van der Waals surface area (Å²) in [7, 11) is 0. The molecule has 1 amide bonds. The predicted octanol–water partition coefficient (Wildman–Crippen LogP) is 14.8. The molecule has 0 aliphatic carbocycles. The first-order chi connectivity index (χ1) is 30.4. The number of nitrogens with two attached hydrogens (primary N) is 1. The number of ether oxygens (including phenoxy) is 2. The number of amides is 1. The van der Waals surface area contributed by atoms with Crippen LogP contribution in [0.3, 0.4) is 0 Å². The van der Waals surface area contributed by atoms with E-state index in [9.17, 15) is 14.4 Å². The maximum atomic E-state index is 13.9. The lowest BCUT2D eigenvalue weighted by molar-refractivity contribution is -0.152. The SMILES string of the molecule is CCCCCCCCCC(CCCCCCCCC)C(=O)OCCN(CCOC(=O)C(CCCCCCCCC)CCCCCCCCC)C(=O)C(N)Cc1ccccc1.CS. The molecule has 7 nitrogen and oxygen atoms in total. The number of hydrogen-bond donors (Lipinski definition) is 2. The Labute approximate surface area is 389 Å². The van der Waals surface area contributed by atoms with Crippen LogP contribution in [0.25, 0.3) is 0 Å². The third-order valence-electron chi connectivity index (χ3n) is 12.4. The van der Waals surface area contributed by atoms with Crippen LogP contribution < -0.4 is 5.73 Å². The Kier molecular flexibility index (Phi) is 44.0. The van der Waals surface area contributed by atoms with Gasteiger partial charge < -0.3 is 20.1 Å². The highest BCUT2D eigenvalue weighted by atomic mass is 32.1. The van der Waals surface area contributed by atoms with Crippen molar-refractivity contribution in [2.75, 3.05) is 32.6 Å². The summed E-state index contributed by atoms with van der Waals surface area (Å²) in [5.41, 5.74) is 7.52. The summed E-state index contributed by atoms with van der Waals surface area (Å²) in [5, 5.41) is 0. The number of hydrogen-bond acceptors (Lipinski definition) is 7. The summed E-state index contributed by atoms with van der Waals surface area (Å²) in [6.45, 7) is 9.66. The van der Waals surface area contributed by atoms with Gasteiger partial charge in [-0.1, -0.05) is 238 Å². The highest BCUT2D eigenvalue weighted by molar-refractivity contribution is 7.79. The molecule has 8 heteroatoms. The van der Waals surface area contributed by atoms with Crippen LogP contribution in [0.4, 0.5) is 0 Å². The van der Waals surface area contributed by atoms with Gasteiger partial charge in [-0.3, -0.25) is 14.4 Å². The van der Waals surface area contributed by atoms with Crippen molar-refractivity contribution in [3.63, 3.8) is 0 Å². The van der Waals surface area contributed by atoms with E-state index in [1.54, 1.807) is 11.2 Å². The molecule has 1 atom stereocenters. The van der Waals surface area contributed by atoms with Crippen LogP contribution in [-0.4, -0.2) is 61.3 Å². The quantitative estimate of drug-likeness (QED) is 0.0385. The van der Waals surface area contributed by atoms with Gasteiger partial charge in [0, 0.05) is 0 Å². The monoisotopic (exact) mass is 889 g/mol. The highest BCUT2D eigenvalue weighted by Crippen LogP contribution is 2.23. The van der Waals surface area contributed by atoms with Crippen LogP contribution in [0.2, 0.25) is 0 Å². The van der Waals surface area contributed by atoms with Crippen molar-refractivity contribution in [3.8, 4) is 0 Å². The van der Waals surface area contributed by atoms with Gasteiger partial charge in [-0.2, -0.15) is 12.6 Å². The first kappa shape index (κ1) is 59.9. The molecule has 0 aromatic heterocycles. The number of carbonyl (C=O) groups is 3. The Bertz CT molecular complexity index is 1040. The Morgan fingerprint density at radius 2 is 0.774 bits per heavy atom. The number of thiol groups is 1. The first-order valence-corrected chi connectivity index (χ1v) is 27.1. The van der Waals surface area contributed by atoms with Gasteiger partial charge in [0.1, 0.15) is 13.2 Å². The lowest BCUT2D eigenvalue weighted by Gasteiger charge is -2.26. The van der Waals surface area contributed by atoms with E-state index in [0.717, 1.165) is 82.6 Å². The van der Waals surface area contributed by atoms with E-state index in [1.165, 1.54) is 128 Å². The predicted molar refractivity (Wildman–Crippen MR) is 269 cm³/mol. The van der Waals surface area contributed by atoms with Gasteiger partial charge in [0.2, 0.25) is 5.91 Å². The lowest BCUT2D eigenvalue weighted by atomic mass is 9.94. The third-order valence-corrected chi connectivity index (χ3v) is 12.4. The fourth-order valence-electron chi connectivity index (χ4n) is 8.42. The maximum absolute atomic E-state index is 13.9. The fraction of sp³-hybridized carbons (Fsp3) is 0.833. The zero-order valence-electron chi connectivity index (χ0n) is 41.3. The molecule has 0 saturated heterocycles. The molecule has 0 aliphatic rings. The molecular formula is C54H100N2O5S. The minimum absolute atomic E-state index is 0.105. The van der Waals surface area contributed by atoms with Gasteiger partial charge in [-0.25, -0.2) is 0 Å². The average Bonchev–Trinajstić information content (AvgIpc) is 3.29. The van der Waals surface area contributed by atoms with Crippen LogP contribution in [0.1, 0.15) is 239 Å². The van der Waals surface area contributed by atoms with Crippen molar-refractivity contribution in [2.45, 2.75) is 246 Å². The molecule has 0 aliphatic heterocycles. The number of rotatable bonds is 43. The minimum atomic E-state index is -0.747. The number of nitrogens with zero attached hydrogens (tertiary/aromatic N) is 1. The van der Waals surface area contributed by atoms with E-state index in [2.05, 4.69) is 40.3 Å². The summed E-state index contributed by atoms with van der Waals surface area (Å²) in [4.78, 5) is 42.7. The molecule has 0 bridgehead atoms. The van der Waals surface area contributed by atoms with Crippen molar-refractivity contribution in [1.29, 1.82) is 0 Å². The molecule has 2 N–H and O–H groups in total. The number of benzene rings is 1. The first-order valence-electron chi connectivity index (χ1n) is 26.2. The third kappa shape index (κ3) is 34.4. The summed E-state index contributed by atoms with van der Waals surface area (Å²) in [6.07, 6.45) is 39.7. The van der Waals surface area contributed by atoms with Crippen molar-refractivity contribution < 1.29 is 23.9 Å². The number of carbonyl (C=O) groups excluding carboxylic acids is 3. The highest BCUT2D eigenvalue weighted by Gasteiger charge is 2.25. The Morgan fingerprint density at radius 3 is 1.08 bits per heavy atom. The van der Waals surface area contributed by atoms with Crippen LogP contribution >= 0.6 is 12.6 Å². The second-order valence-corrected chi connectivity index (χ2v) is 18.0. The average molecular weight is 889 g/mol. The summed E-state index contributed by atoms with van der Waals surface area (Å²) < 4.78 is 11.9. The van der Waals surface area contributed by atoms with E-state index in [0.29, 0.717) is 6.42 Å². The van der Waals surface area contributed by atoms with Gasteiger partial charge in [0.15, 0.2) is 0 Å². The second-order valence-electron chi connectivity index (χ2n) is 18.0. The molecule has 362 valence electrons. The maximum Gasteiger partial charge on any atom is 0.308 e. The normalized spacial score (nSPS) is 11.7. The van der Waals surface area contributed by atoms with Crippen molar-refractivity contribution in [1.82, 2.24) is 4.90 Å². The Morgan fingerprint density at radius 1 is 0.484 bits per heavy atom. The standard InChI is InChI=1S/C53H96N2O5.CH4S/c1-5-9-13-17-21-25-32-38-48(39-33-26-22-18-14-10-6-2)52(57)59-44-42-55(51(56)50(54)46-47-36-30-29-31-37-47)43-45-60-53(58)49(40-34-27-23-19-15-11-7-3)41-35-28-24-20-16-12-8-4;1-2/h29-31,36-37,48-50H,5-28,32-35,38-46,54H2,1-4H3;2H,1H3. The minimum Gasteiger partial charge on any atom is -0.464 e. The van der Waals surface area contributed by atoms with E-state index in [4.69, 9.17) is 15.2 Å². The summed E-state index contributed by atoms with van der Waals surface area (Å²) >= 11 is 3.53. The lowest BCUT2D eigenvalue weighted by Crippen LogP contribution is -2.47. The molecule has 62 heavy (non-hydrogen) atoms. The molecule has 0 saturated carbocycles.